The average molecular weight is 513 g/mol. The Hall–Kier alpha value is -2.91. The van der Waals surface area contributed by atoms with E-state index in [-0.39, 0.29) is 24.1 Å². The van der Waals surface area contributed by atoms with Crippen molar-refractivity contribution in [1.29, 1.82) is 0 Å². The number of aromatic nitrogens is 2. The van der Waals surface area contributed by atoms with Crippen molar-refractivity contribution in [2.75, 3.05) is 50.7 Å². The number of anilines is 3. The summed E-state index contributed by atoms with van der Waals surface area (Å²) in [5.74, 6) is 0.269. The van der Waals surface area contributed by atoms with E-state index in [1.54, 1.807) is 18.2 Å². The van der Waals surface area contributed by atoms with Crippen molar-refractivity contribution in [3.05, 3.63) is 69.3 Å². The molecule has 0 spiro atoms. The van der Waals surface area contributed by atoms with E-state index in [0.29, 0.717) is 21.7 Å². The molecule has 0 fully saturated rings. The molecular weight excluding hydrogens is 487 g/mol. The maximum atomic E-state index is 13.1. The SMILES string of the molecule is CN(C)CCN1CCc2cc(Nc3ncc4c(n3)OCN(c3c(Cl)cccc3Cl)C4=O)ccc2C1. The van der Waals surface area contributed by atoms with Crippen LogP contribution in [0.25, 0.3) is 0 Å². The highest BCUT2D eigenvalue weighted by molar-refractivity contribution is 6.40. The van der Waals surface area contributed by atoms with Crippen molar-refractivity contribution in [2.45, 2.75) is 13.0 Å². The van der Waals surface area contributed by atoms with Gasteiger partial charge in [-0.1, -0.05) is 35.3 Å². The van der Waals surface area contributed by atoms with Gasteiger partial charge < -0.3 is 15.0 Å². The Kier molecular flexibility index (Phi) is 6.80. The number of carbonyl (C=O) groups is 1. The van der Waals surface area contributed by atoms with Crippen LogP contribution in [0.15, 0.2) is 42.6 Å². The number of amides is 1. The van der Waals surface area contributed by atoms with Gasteiger partial charge in [-0.3, -0.25) is 14.6 Å². The van der Waals surface area contributed by atoms with E-state index in [4.69, 9.17) is 27.9 Å². The highest BCUT2D eigenvalue weighted by Crippen LogP contribution is 2.37. The van der Waals surface area contributed by atoms with E-state index in [0.717, 1.165) is 38.3 Å². The van der Waals surface area contributed by atoms with E-state index < -0.39 is 0 Å². The van der Waals surface area contributed by atoms with Gasteiger partial charge in [0.1, 0.15) is 5.56 Å². The van der Waals surface area contributed by atoms with Crippen LogP contribution in [-0.4, -0.2) is 66.1 Å². The van der Waals surface area contributed by atoms with E-state index in [1.807, 2.05) is 6.07 Å². The van der Waals surface area contributed by atoms with Gasteiger partial charge in [-0.05, 0) is 55.9 Å². The molecule has 2 aliphatic rings. The third-order valence-electron chi connectivity index (χ3n) is 6.18. The summed E-state index contributed by atoms with van der Waals surface area (Å²) >= 11 is 12.6. The lowest BCUT2D eigenvalue weighted by Gasteiger charge is -2.30. The molecule has 8 nitrogen and oxygen atoms in total. The summed E-state index contributed by atoms with van der Waals surface area (Å²) in [5, 5.41) is 3.97. The summed E-state index contributed by atoms with van der Waals surface area (Å²) in [6.07, 6.45) is 2.46. The standard InChI is InChI=1S/C25H26Cl2N6O2/c1-31(2)10-11-32-9-8-16-12-18(7-6-17(16)14-32)29-25-28-13-19-23(30-25)35-15-33(24(19)34)22-20(26)4-3-5-21(22)27/h3-7,12-13H,8-11,14-15H2,1-2H3,(H,28,29,30). The highest BCUT2D eigenvalue weighted by atomic mass is 35.5. The number of nitrogens with zero attached hydrogens (tertiary/aromatic N) is 5. The molecule has 5 rings (SSSR count). The van der Waals surface area contributed by atoms with Gasteiger partial charge in [-0.25, -0.2) is 4.98 Å². The molecule has 10 heteroatoms. The molecule has 0 unspecified atom stereocenters. The van der Waals surface area contributed by atoms with Crippen molar-refractivity contribution >= 4 is 46.4 Å². The second-order valence-electron chi connectivity index (χ2n) is 8.93. The monoisotopic (exact) mass is 512 g/mol. The van der Waals surface area contributed by atoms with Crippen LogP contribution in [-0.2, 0) is 13.0 Å². The normalized spacial score (nSPS) is 15.6. The number of carbonyl (C=O) groups excluding carboxylic acids is 1. The number of hydrogen-bond donors (Lipinski definition) is 1. The summed E-state index contributed by atoms with van der Waals surface area (Å²) in [4.78, 5) is 27.9. The fourth-order valence-corrected chi connectivity index (χ4v) is 4.88. The number of likely N-dealkylation sites (N-methyl/N-ethyl adjacent to an activating group) is 1. The first-order valence-corrected chi connectivity index (χ1v) is 12.2. The lowest BCUT2D eigenvalue weighted by Crippen LogP contribution is -2.39. The molecule has 0 bridgehead atoms. The number of ether oxygens (including phenoxy) is 1. The zero-order valence-electron chi connectivity index (χ0n) is 19.6. The molecule has 0 atom stereocenters. The highest BCUT2D eigenvalue weighted by Gasteiger charge is 2.31. The van der Waals surface area contributed by atoms with E-state index in [1.165, 1.54) is 22.2 Å². The third-order valence-corrected chi connectivity index (χ3v) is 6.79. The van der Waals surface area contributed by atoms with E-state index in [2.05, 4.69) is 51.3 Å². The number of hydrogen-bond acceptors (Lipinski definition) is 7. The van der Waals surface area contributed by atoms with Gasteiger partial charge in [0.05, 0.1) is 15.7 Å². The Bertz CT molecular complexity index is 1250. The molecule has 1 amide bonds. The smallest absolute Gasteiger partial charge is 0.268 e. The molecule has 3 aromatic rings. The molecule has 1 N–H and O–H groups in total. The molecular formula is C25H26Cl2N6O2. The van der Waals surface area contributed by atoms with Crippen LogP contribution in [0, 0.1) is 0 Å². The molecule has 0 radical (unpaired) electrons. The number of benzene rings is 2. The summed E-state index contributed by atoms with van der Waals surface area (Å²) in [7, 11) is 4.20. The van der Waals surface area contributed by atoms with Crippen molar-refractivity contribution in [3.8, 4) is 5.88 Å². The Morgan fingerprint density at radius 2 is 1.94 bits per heavy atom. The quantitative estimate of drug-likeness (QED) is 0.523. The Balaban J connectivity index is 1.29. The second-order valence-corrected chi connectivity index (χ2v) is 9.74. The average Bonchev–Trinajstić information content (AvgIpc) is 2.84. The number of nitrogens with one attached hydrogen (secondary N) is 1. The number of fused-ring (bicyclic) bond motifs is 2. The summed E-state index contributed by atoms with van der Waals surface area (Å²) in [6, 6.07) is 11.4. The third kappa shape index (κ3) is 5.06. The zero-order chi connectivity index (χ0) is 24.5. The van der Waals surface area contributed by atoms with Crippen LogP contribution in [0.3, 0.4) is 0 Å². The minimum atomic E-state index is -0.319. The minimum absolute atomic E-state index is 0.0467. The van der Waals surface area contributed by atoms with Crippen LogP contribution >= 0.6 is 23.2 Å². The number of halogens is 2. The predicted octanol–water partition coefficient (Wildman–Crippen LogP) is 4.44. The molecule has 2 aromatic carbocycles. The molecule has 0 saturated carbocycles. The van der Waals surface area contributed by atoms with Gasteiger partial charge in [0.25, 0.3) is 5.91 Å². The topological polar surface area (TPSA) is 73.8 Å². The van der Waals surface area contributed by atoms with Crippen molar-refractivity contribution < 1.29 is 9.53 Å². The van der Waals surface area contributed by atoms with Gasteiger partial charge in [0.2, 0.25) is 11.8 Å². The molecule has 2 aliphatic heterocycles. The van der Waals surface area contributed by atoms with E-state index in [9.17, 15) is 4.79 Å². The zero-order valence-corrected chi connectivity index (χ0v) is 21.1. The molecule has 182 valence electrons. The van der Waals surface area contributed by atoms with Gasteiger partial charge in [0, 0.05) is 38.1 Å². The maximum absolute atomic E-state index is 13.1. The Labute approximate surface area is 214 Å². The van der Waals surface area contributed by atoms with Crippen LogP contribution in [0.4, 0.5) is 17.3 Å². The first kappa shape index (κ1) is 23.8. The molecule has 0 saturated heterocycles. The number of rotatable bonds is 6. The predicted molar refractivity (Wildman–Crippen MR) is 138 cm³/mol. The summed E-state index contributed by atoms with van der Waals surface area (Å²) in [6.45, 7) is 4.07. The summed E-state index contributed by atoms with van der Waals surface area (Å²) in [5.41, 5.74) is 4.23. The Morgan fingerprint density at radius 3 is 2.71 bits per heavy atom. The Morgan fingerprint density at radius 1 is 1.14 bits per heavy atom. The van der Waals surface area contributed by atoms with Crippen LogP contribution in [0.1, 0.15) is 21.5 Å². The van der Waals surface area contributed by atoms with Crippen LogP contribution in [0.5, 0.6) is 5.88 Å². The molecule has 35 heavy (non-hydrogen) atoms. The first-order valence-electron chi connectivity index (χ1n) is 11.4. The van der Waals surface area contributed by atoms with Crippen LogP contribution < -0.4 is 15.0 Å². The van der Waals surface area contributed by atoms with Gasteiger partial charge in [-0.2, -0.15) is 4.98 Å². The summed E-state index contributed by atoms with van der Waals surface area (Å²) < 4.78 is 5.78. The number of para-hydroxylation sites is 1. The largest absolute Gasteiger partial charge is 0.455 e. The van der Waals surface area contributed by atoms with E-state index >= 15 is 0 Å². The van der Waals surface area contributed by atoms with Gasteiger partial charge in [-0.15, -0.1) is 0 Å². The molecule has 0 aliphatic carbocycles. The maximum Gasteiger partial charge on any atom is 0.268 e. The first-order chi connectivity index (χ1) is 16.9. The van der Waals surface area contributed by atoms with Gasteiger partial charge in [0.15, 0.2) is 6.73 Å². The fourth-order valence-electron chi connectivity index (χ4n) is 4.28. The van der Waals surface area contributed by atoms with Crippen molar-refractivity contribution in [2.24, 2.45) is 0 Å². The molecule has 3 heterocycles. The van der Waals surface area contributed by atoms with Crippen molar-refractivity contribution in [3.63, 3.8) is 0 Å². The lowest BCUT2D eigenvalue weighted by atomic mass is 9.99. The lowest BCUT2D eigenvalue weighted by molar-refractivity contribution is 0.0932. The second kappa shape index (κ2) is 9.99. The van der Waals surface area contributed by atoms with Gasteiger partial charge >= 0.3 is 0 Å². The minimum Gasteiger partial charge on any atom is -0.455 e. The molecule has 1 aromatic heterocycles. The van der Waals surface area contributed by atoms with Crippen molar-refractivity contribution in [1.82, 2.24) is 19.8 Å². The fraction of sp³-hybridized carbons (Fsp3) is 0.320. The van der Waals surface area contributed by atoms with Crippen LogP contribution in [0.2, 0.25) is 10.0 Å².